The first-order valence-corrected chi connectivity index (χ1v) is 12.2. The third-order valence-corrected chi connectivity index (χ3v) is 7.50. The number of Topliss-reactive ketones (excluding diaryl/α,β-unsaturated/α-hetero) is 1. The average Bonchev–Trinajstić information content (AvgIpc) is 2.87. The summed E-state index contributed by atoms with van der Waals surface area (Å²) in [4.78, 5) is 16.0. The Morgan fingerprint density at radius 3 is 2.36 bits per heavy atom. The van der Waals surface area contributed by atoms with E-state index in [2.05, 4.69) is 60.4 Å². The highest BCUT2D eigenvalue weighted by Crippen LogP contribution is 2.38. The molecule has 3 heteroatoms. The Labute approximate surface area is 197 Å². The zero-order chi connectivity index (χ0) is 22.7. The molecule has 33 heavy (non-hydrogen) atoms. The lowest BCUT2D eigenvalue weighted by atomic mass is 9.71. The molecule has 3 aromatic rings. The van der Waals surface area contributed by atoms with Gasteiger partial charge >= 0.3 is 0 Å². The van der Waals surface area contributed by atoms with E-state index in [1.54, 1.807) is 0 Å². The number of carbonyl (C=O) groups is 1. The second kappa shape index (κ2) is 9.52. The SMILES string of the molecule is CC1(CN2CCC(c3ccccc3)CC2)CCc2cc(OCc3ccccc3)ccc2C1=O. The van der Waals surface area contributed by atoms with Crippen molar-refractivity contribution in [3.05, 3.63) is 101 Å². The number of likely N-dealkylation sites (tertiary alicyclic amines) is 1. The van der Waals surface area contributed by atoms with E-state index in [1.807, 2.05) is 30.3 Å². The molecule has 1 saturated heterocycles. The summed E-state index contributed by atoms with van der Waals surface area (Å²) in [5, 5.41) is 0. The maximum atomic E-state index is 13.5. The Bertz CT molecular complexity index is 1090. The van der Waals surface area contributed by atoms with Gasteiger partial charge in [0.05, 0.1) is 0 Å². The molecule has 1 unspecified atom stereocenters. The van der Waals surface area contributed by atoms with Gasteiger partial charge in [0.2, 0.25) is 0 Å². The molecular formula is C30H33NO2. The van der Waals surface area contributed by atoms with Crippen LogP contribution in [0.15, 0.2) is 78.9 Å². The van der Waals surface area contributed by atoms with Crippen molar-refractivity contribution < 1.29 is 9.53 Å². The molecule has 1 aliphatic heterocycles. The van der Waals surface area contributed by atoms with Crippen molar-refractivity contribution in [2.75, 3.05) is 19.6 Å². The number of benzene rings is 3. The fourth-order valence-corrected chi connectivity index (χ4v) is 5.47. The van der Waals surface area contributed by atoms with E-state index in [0.717, 1.165) is 54.9 Å². The molecule has 2 aliphatic rings. The van der Waals surface area contributed by atoms with Gasteiger partial charge in [-0.25, -0.2) is 0 Å². The van der Waals surface area contributed by atoms with E-state index < -0.39 is 0 Å². The van der Waals surface area contributed by atoms with Crippen molar-refractivity contribution >= 4 is 5.78 Å². The van der Waals surface area contributed by atoms with Crippen molar-refractivity contribution in [1.29, 1.82) is 0 Å². The molecule has 3 nitrogen and oxygen atoms in total. The quantitative estimate of drug-likeness (QED) is 0.453. The average molecular weight is 440 g/mol. The van der Waals surface area contributed by atoms with Gasteiger partial charge in [0.15, 0.2) is 5.78 Å². The van der Waals surface area contributed by atoms with Crippen LogP contribution in [0.25, 0.3) is 0 Å². The minimum Gasteiger partial charge on any atom is -0.489 e. The fraction of sp³-hybridized carbons (Fsp3) is 0.367. The molecule has 1 heterocycles. The topological polar surface area (TPSA) is 29.5 Å². The number of hydrogen-bond donors (Lipinski definition) is 0. The number of fused-ring (bicyclic) bond motifs is 1. The molecule has 0 amide bonds. The summed E-state index contributed by atoms with van der Waals surface area (Å²) in [5.41, 5.74) is 4.31. The second-order valence-electron chi connectivity index (χ2n) is 9.94. The summed E-state index contributed by atoms with van der Waals surface area (Å²) in [5.74, 6) is 1.79. The second-order valence-corrected chi connectivity index (χ2v) is 9.94. The Hall–Kier alpha value is -2.91. The summed E-state index contributed by atoms with van der Waals surface area (Å²) in [7, 11) is 0. The Morgan fingerprint density at radius 1 is 0.939 bits per heavy atom. The van der Waals surface area contributed by atoms with Gasteiger partial charge < -0.3 is 9.64 Å². The third kappa shape index (κ3) is 4.89. The van der Waals surface area contributed by atoms with Gasteiger partial charge in [-0.05, 0) is 79.6 Å². The molecule has 0 saturated carbocycles. The molecule has 0 aromatic heterocycles. The molecule has 1 aliphatic carbocycles. The lowest BCUT2D eigenvalue weighted by Gasteiger charge is -2.40. The van der Waals surface area contributed by atoms with Crippen LogP contribution in [0.5, 0.6) is 5.75 Å². The number of rotatable bonds is 6. The predicted octanol–water partition coefficient (Wildman–Crippen LogP) is 6.28. The van der Waals surface area contributed by atoms with Crippen LogP contribution in [0.1, 0.15) is 59.2 Å². The molecule has 0 radical (unpaired) electrons. The maximum absolute atomic E-state index is 13.5. The highest BCUT2D eigenvalue weighted by molar-refractivity contribution is 6.02. The van der Waals surface area contributed by atoms with Crippen molar-refractivity contribution in [2.45, 2.75) is 45.1 Å². The number of carbonyl (C=O) groups excluding carboxylic acids is 1. The fourth-order valence-electron chi connectivity index (χ4n) is 5.47. The van der Waals surface area contributed by atoms with Gasteiger partial charge in [-0.3, -0.25) is 4.79 Å². The van der Waals surface area contributed by atoms with Crippen LogP contribution in [-0.2, 0) is 13.0 Å². The van der Waals surface area contributed by atoms with Crippen LogP contribution in [-0.4, -0.2) is 30.3 Å². The molecule has 3 aromatic carbocycles. The zero-order valence-electron chi connectivity index (χ0n) is 19.5. The normalized spacial score (nSPS) is 21.5. The Balaban J connectivity index is 1.20. The monoisotopic (exact) mass is 439 g/mol. The highest BCUT2D eigenvalue weighted by atomic mass is 16.5. The number of nitrogens with zero attached hydrogens (tertiary/aromatic N) is 1. The summed E-state index contributed by atoms with van der Waals surface area (Å²) >= 11 is 0. The van der Waals surface area contributed by atoms with Crippen molar-refractivity contribution in [3.8, 4) is 5.75 Å². The van der Waals surface area contributed by atoms with Gasteiger partial charge in [0.1, 0.15) is 12.4 Å². The summed E-state index contributed by atoms with van der Waals surface area (Å²) in [6, 6.07) is 27.1. The van der Waals surface area contributed by atoms with Crippen molar-refractivity contribution in [2.24, 2.45) is 5.41 Å². The number of piperidine rings is 1. The molecular weight excluding hydrogens is 406 g/mol. The van der Waals surface area contributed by atoms with E-state index in [1.165, 1.54) is 18.4 Å². The molecule has 0 spiro atoms. The van der Waals surface area contributed by atoms with Gasteiger partial charge in [-0.1, -0.05) is 67.6 Å². The first-order chi connectivity index (χ1) is 16.1. The zero-order valence-corrected chi connectivity index (χ0v) is 19.5. The first-order valence-electron chi connectivity index (χ1n) is 12.2. The minimum atomic E-state index is -0.307. The minimum absolute atomic E-state index is 0.295. The smallest absolute Gasteiger partial charge is 0.170 e. The highest BCUT2D eigenvalue weighted by Gasteiger charge is 2.40. The number of aryl methyl sites for hydroxylation is 1. The van der Waals surface area contributed by atoms with Crippen molar-refractivity contribution in [3.63, 3.8) is 0 Å². The van der Waals surface area contributed by atoms with E-state index in [4.69, 9.17) is 4.74 Å². The summed E-state index contributed by atoms with van der Waals surface area (Å²) in [6.45, 7) is 5.72. The van der Waals surface area contributed by atoms with Crippen LogP contribution in [0.3, 0.4) is 0 Å². The maximum Gasteiger partial charge on any atom is 0.170 e. The summed E-state index contributed by atoms with van der Waals surface area (Å²) < 4.78 is 5.99. The standard InChI is InChI=1S/C30H33NO2/c1-30(22-31-18-15-25(16-19-31)24-10-6-3-7-11-24)17-14-26-20-27(12-13-28(26)29(30)32)33-21-23-8-4-2-5-9-23/h2-13,20,25H,14-19,21-22H2,1H3. The molecule has 0 N–H and O–H groups in total. The van der Waals surface area contributed by atoms with E-state index >= 15 is 0 Å². The third-order valence-electron chi connectivity index (χ3n) is 7.50. The largest absolute Gasteiger partial charge is 0.489 e. The van der Waals surface area contributed by atoms with E-state index in [9.17, 15) is 4.79 Å². The van der Waals surface area contributed by atoms with Crippen LogP contribution in [0.2, 0.25) is 0 Å². The molecule has 170 valence electrons. The van der Waals surface area contributed by atoms with Gasteiger partial charge in [-0.15, -0.1) is 0 Å². The van der Waals surface area contributed by atoms with Gasteiger partial charge in [0, 0.05) is 17.5 Å². The van der Waals surface area contributed by atoms with Crippen molar-refractivity contribution in [1.82, 2.24) is 4.90 Å². The molecule has 0 bridgehead atoms. The summed E-state index contributed by atoms with van der Waals surface area (Å²) in [6.07, 6.45) is 4.18. The lowest BCUT2D eigenvalue weighted by Crippen LogP contribution is -2.46. The lowest BCUT2D eigenvalue weighted by molar-refractivity contribution is 0.0658. The molecule has 1 fully saturated rings. The van der Waals surface area contributed by atoms with Crippen LogP contribution < -0.4 is 4.74 Å². The number of ketones is 1. The van der Waals surface area contributed by atoms with E-state index in [-0.39, 0.29) is 5.41 Å². The Kier molecular flexibility index (Phi) is 6.32. The number of ether oxygens (including phenoxy) is 1. The van der Waals surface area contributed by atoms with Crippen LogP contribution >= 0.6 is 0 Å². The van der Waals surface area contributed by atoms with Gasteiger partial charge in [0.25, 0.3) is 0 Å². The molecule has 5 rings (SSSR count). The van der Waals surface area contributed by atoms with Gasteiger partial charge in [-0.2, -0.15) is 0 Å². The molecule has 1 atom stereocenters. The van der Waals surface area contributed by atoms with Crippen LogP contribution in [0.4, 0.5) is 0 Å². The van der Waals surface area contributed by atoms with Crippen LogP contribution in [0, 0.1) is 5.41 Å². The Morgan fingerprint density at radius 2 is 1.64 bits per heavy atom. The van der Waals surface area contributed by atoms with E-state index in [0.29, 0.717) is 18.3 Å². The predicted molar refractivity (Wildman–Crippen MR) is 133 cm³/mol. The first kappa shape index (κ1) is 21.9. The number of hydrogen-bond acceptors (Lipinski definition) is 3.